The van der Waals surface area contributed by atoms with Crippen molar-refractivity contribution in [1.29, 1.82) is 0 Å². The van der Waals surface area contributed by atoms with Crippen LogP contribution in [0.3, 0.4) is 0 Å². The molecule has 0 radical (unpaired) electrons. The summed E-state index contributed by atoms with van der Waals surface area (Å²) < 4.78 is 26.9. The number of fused-ring (bicyclic) bond motifs is 2. The normalized spacial score (nSPS) is 12.3. The van der Waals surface area contributed by atoms with Gasteiger partial charge in [0.2, 0.25) is 11.6 Å². The van der Waals surface area contributed by atoms with Crippen LogP contribution >= 0.6 is 0 Å². The zero-order valence-electron chi connectivity index (χ0n) is 23.0. The summed E-state index contributed by atoms with van der Waals surface area (Å²) in [5.41, 5.74) is -0.692. The zero-order valence-corrected chi connectivity index (χ0v) is 23.0. The maximum atomic E-state index is 13.9. The van der Waals surface area contributed by atoms with Gasteiger partial charge in [0.05, 0.1) is 37.1 Å². The first-order valence-electron chi connectivity index (χ1n) is 14.0. The number of hydrogen-bond donors (Lipinski definition) is 1. The predicted molar refractivity (Wildman–Crippen MR) is 149 cm³/mol. The number of aromatic amines is 1. The maximum Gasteiger partial charge on any atom is 0.328 e. The molecular weight excluding hydrogens is 515 g/mol. The van der Waals surface area contributed by atoms with Crippen LogP contribution < -0.4 is 20.7 Å². The Morgan fingerprint density at radius 1 is 0.775 bits per heavy atom. The van der Waals surface area contributed by atoms with Gasteiger partial charge in [-0.3, -0.25) is 23.9 Å². The molecule has 9 heteroatoms. The molecular formula is C31H35FN2O6. The molecule has 0 fully saturated rings. The summed E-state index contributed by atoms with van der Waals surface area (Å²) in [5.74, 6) is -1.24. The lowest BCUT2D eigenvalue weighted by molar-refractivity contribution is 0.0971. The minimum Gasteiger partial charge on any atom is -0.493 e. The van der Waals surface area contributed by atoms with Crippen LogP contribution in [0.15, 0.2) is 46.1 Å². The van der Waals surface area contributed by atoms with Crippen molar-refractivity contribution in [1.82, 2.24) is 9.55 Å². The van der Waals surface area contributed by atoms with E-state index in [1.807, 2.05) is 4.98 Å². The molecule has 1 aromatic heterocycles. The minimum atomic E-state index is -1.11. The van der Waals surface area contributed by atoms with Crippen molar-refractivity contribution < 1.29 is 23.5 Å². The van der Waals surface area contributed by atoms with Crippen LogP contribution in [-0.2, 0) is 6.54 Å². The minimum absolute atomic E-state index is 0.138. The molecule has 0 saturated heterocycles. The van der Waals surface area contributed by atoms with Crippen LogP contribution in [0.2, 0.25) is 0 Å². The van der Waals surface area contributed by atoms with Gasteiger partial charge in [-0.15, -0.1) is 0 Å². The molecule has 3 aromatic rings. The Labute approximate surface area is 232 Å². The predicted octanol–water partition coefficient (Wildman–Crippen LogP) is 5.42. The molecule has 0 spiro atoms. The van der Waals surface area contributed by atoms with Crippen LogP contribution in [0.1, 0.15) is 103 Å². The number of rotatable bonds is 14. The molecule has 0 amide bonds. The molecule has 0 bridgehead atoms. The van der Waals surface area contributed by atoms with Gasteiger partial charge in [0.25, 0.3) is 5.56 Å². The third-order valence-electron chi connectivity index (χ3n) is 6.96. The molecule has 8 nitrogen and oxygen atoms in total. The highest BCUT2D eigenvalue weighted by atomic mass is 19.1. The number of benzene rings is 2. The van der Waals surface area contributed by atoms with E-state index < -0.39 is 17.1 Å². The maximum absolute atomic E-state index is 13.9. The van der Waals surface area contributed by atoms with E-state index >= 15 is 0 Å². The molecule has 0 unspecified atom stereocenters. The average Bonchev–Trinajstić information content (AvgIpc) is 2.94. The summed E-state index contributed by atoms with van der Waals surface area (Å²) in [6.45, 7) is 4.87. The summed E-state index contributed by atoms with van der Waals surface area (Å²) in [5, 5.41) is 0. The van der Waals surface area contributed by atoms with E-state index in [1.165, 1.54) is 6.07 Å². The lowest BCUT2D eigenvalue weighted by atomic mass is 9.82. The highest BCUT2D eigenvalue weighted by Gasteiger charge is 2.35. The van der Waals surface area contributed by atoms with Crippen molar-refractivity contribution >= 4 is 11.6 Å². The third-order valence-corrected chi connectivity index (χ3v) is 6.96. The summed E-state index contributed by atoms with van der Waals surface area (Å²) in [7, 11) is 0. The highest BCUT2D eigenvalue weighted by Crippen LogP contribution is 2.38. The molecule has 2 aromatic carbocycles. The van der Waals surface area contributed by atoms with Crippen LogP contribution in [-0.4, -0.2) is 34.3 Å². The molecule has 212 valence electrons. The lowest BCUT2D eigenvalue weighted by Gasteiger charge is -2.23. The van der Waals surface area contributed by atoms with Crippen molar-refractivity contribution in [2.75, 3.05) is 13.2 Å². The standard InChI is InChI=1S/C31H35FN2O6/c1-3-5-7-9-14-39-24-13-11-12-21-26(24)29(36)27-22(28(21)35)16-20(17-25(27)40-15-10-8-6-4-2)18-34-19-23(32)30(37)33-31(34)38/h11-13,16-17,19H,3-10,14-15,18H2,1-2H3,(H,33,37,38). The number of unbranched alkanes of at least 4 members (excludes halogenated alkanes) is 6. The van der Waals surface area contributed by atoms with Crippen molar-refractivity contribution in [3.63, 3.8) is 0 Å². The second-order valence-corrected chi connectivity index (χ2v) is 10.0. The third kappa shape index (κ3) is 6.41. The Balaban J connectivity index is 1.72. The number of halogens is 1. The first-order chi connectivity index (χ1) is 19.3. The summed E-state index contributed by atoms with van der Waals surface area (Å²) in [6, 6.07) is 8.11. The number of H-pyrrole nitrogens is 1. The van der Waals surface area contributed by atoms with Gasteiger partial charge in [0.1, 0.15) is 11.5 Å². The fraction of sp³-hybridized carbons (Fsp3) is 0.419. The van der Waals surface area contributed by atoms with Crippen molar-refractivity contribution in [2.45, 2.75) is 71.8 Å². The van der Waals surface area contributed by atoms with E-state index in [1.54, 1.807) is 24.3 Å². The Kier molecular flexibility index (Phi) is 9.69. The molecule has 1 N–H and O–H groups in total. The molecule has 0 atom stereocenters. The largest absolute Gasteiger partial charge is 0.493 e. The number of ether oxygens (including phenoxy) is 2. The fourth-order valence-electron chi connectivity index (χ4n) is 4.85. The van der Waals surface area contributed by atoms with Crippen molar-refractivity contribution in [2.24, 2.45) is 0 Å². The topological polar surface area (TPSA) is 107 Å². The lowest BCUT2D eigenvalue weighted by Crippen LogP contribution is -2.31. The molecule has 0 saturated carbocycles. The molecule has 40 heavy (non-hydrogen) atoms. The van der Waals surface area contributed by atoms with E-state index in [-0.39, 0.29) is 46.1 Å². The van der Waals surface area contributed by atoms with E-state index in [4.69, 9.17) is 9.47 Å². The Bertz CT molecular complexity index is 1510. The second-order valence-electron chi connectivity index (χ2n) is 10.0. The van der Waals surface area contributed by atoms with Crippen LogP contribution in [0, 0.1) is 5.82 Å². The average molecular weight is 551 g/mol. The zero-order chi connectivity index (χ0) is 28.6. The summed E-state index contributed by atoms with van der Waals surface area (Å²) >= 11 is 0. The molecule has 1 aliphatic carbocycles. The molecule has 1 heterocycles. The van der Waals surface area contributed by atoms with E-state index in [2.05, 4.69) is 13.8 Å². The van der Waals surface area contributed by atoms with Gasteiger partial charge in [-0.2, -0.15) is 4.39 Å². The van der Waals surface area contributed by atoms with Crippen LogP contribution in [0.4, 0.5) is 4.39 Å². The number of nitrogens with one attached hydrogen (secondary N) is 1. The molecule has 0 aliphatic heterocycles. The van der Waals surface area contributed by atoms with E-state index in [0.29, 0.717) is 24.5 Å². The quantitative estimate of drug-likeness (QED) is 0.210. The van der Waals surface area contributed by atoms with Crippen LogP contribution in [0.25, 0.3) is 0 Å². The molecule has 1 aliphatic rings. The number of ketones is 2. The summed E-state index contributed by atoms with van der Waals surface area (Å²) in [4.78, 5) is 53.3. The number of aromatic nitrogens is 2. The van der Waals surface area contributed by atoms with Gasteiger partial charge in [-0.05, 0) is 36.6 Å². The number of nitrogens with zero attached hydrogens (tertiary/aromatic N) is 1. The van der Waals surface area contributed by atoms with Crippen LogP contribution in [0.5, 0.6) is 11.5 Å². The van der Waals surface area contributed by atoms with Gasteiger partial charge >= 0.3 is 5.69 Å². The van der Waals surface area contributed by atoms with Crippen molar-refractivity contribution in [3.8, 4) is 11.5 Å². The Hall–Kier alpha value is -4.01. The summed E-state index contributed by atoms with van der Waals surface area (Å²) in [6.07, 6.45) is 8.70. The van der Waals surface area contributed by atoms with Gasteiger partial charge in [-0.25, -0.2) is 4.79 Å². The monoisotopic (exact) mass is 550 g/mol. The number of hydrogen-bond acceptors (Lipinski definition) is 6. The van der Waals surface area contributed by atoms with E-state index in [9.17, 15) is 23.6 Å². The van der Waals surface area contributed by atoms with Gasteiger partial charge in [0.15, 0.2) is 5.78 Å². The highest BCUT2D eigenvalue weighted by molar-refractivity contribution is 6.30. The Morgan fingerprint density at radius 3 is 2.10 bits per heavy atom. The van der Waals surface area contributed by atoms with Gasteiger partial charge < -0.3 is 9.47 Å². The smallest absolute Gasteiger partial charge is 0.328 e. The molecule has 4 rings (SSSR count). The van der Waals surface area contributed by atoms with Gasteiger partial charge in [-0.1, -0.05) is 64.5 Å². The SMILES string of the molecule is CCCCCCOc1cccc2c1C(=O)c1c(OCCCCCC)cc(Cn3cc(F)c(=O)[nH]c3=O)cc1C2=O. The van der Waals surface area contributed by atoms with E-state index in [0.717, 1.165) is 62.1 Å². The van der Waals surface area contributed by atoms with Gasteiger partial charge in [0, 0.05) is 11.1 Å². The number of carbonyl (C=O) groups is 2. The first kappa shape index (κ1) is 29.0. The first-order valence-corrected chi connectivity index (χ1v) is 14.0. The number of carbonyl (C=O) groups excluding carboxylic acids is 2. The van der Waals surface area contributed by atoms with Crippen molar-refractivity contribution in [3.05, 3.63) is 91.0 Å². The Morgan fingerprint density at radius 2 is 1.43 bits per heavy atom. The second kappa shape index (κ2) is 13.4. The fourth-order valence-corrected chi connectivity index (χ4v) is 4.85.